The molecular weight excluding hydrogens is 262 g/mol. The van der Waals surface area contributed by atoms with E-state index in [4.69, 9.17) is 0 Å². The summed E-state index contributed by atoms with van der Waals surface area (Å²) in [6.45, 7) is 0.154. The zero-order valence-electron chi connectivity index (χ0n) is 12.5. The molecule has 1 unspecified atom stereocenters. The minimum absolute atomic E-state index is 0.0866. The number of rotatable bonds is 5. The summed E-state index contributed by atoms with van der Waals surface area (Å²) in [4.78, 5) is 0. The van der Waals surface area contributed by atoms with Crippen molar-refractivity contribution in [3.63, 3.8) is 0 Å². The Labute approximate surface area is 125 Å². The first-order valence-electron chi connectivity index (χ1n) is 7.69. The van der Waals surface area contributed by atoms with Crippen molar-refractivity contribution >= 4 is 0 Å². The van der Waals surface area contributed by atoms with Gasteiger partial charge in [0.1, 0.15) is 0 Å². The third kappa shape index (κ3) is 3.17. The molecule has 0 saturated heterocycles. The van der Waals surface area contributed by atoms with E-state index in [9.17, 15) is 5.11 Å². The fourth-order valence-corrected chi connectivity index (χ4v) is 3.24. The number of aliphatic hydroxyl groups is 1. The summed E-state index contributed by atoms with van der Waals surface area (Å²) in [5, 5.41) is 17.7. The van der Waals surface area contributed by atoms with Gasteiger partial charge in [-0.15, -0.1) is 0 Å². The maximum atomic E-state index is 9.69. The van der Waals surface area contributed by atoms with E-state index in [2.05, 4.69) is 22.5 Å². The summed E-state index contributed by atoms with van der Waals surface area (Å²) in [7, 11) is 2.01. The van der Waals surface area contributed by atoms with Gasteiger partial charge >= 0.3 is 0 Å². The van der Waals surface area contributed by atoms with Crippen molar-refractivity contribution in [1.29, 1.82) is 0 Å². The van der Waals surface area contributed by atoms with Gasteiger partial charge in [-0.3, -0.25) is 4.68 Å². The van der Waals surface area contributed by atoms with Crippen molar-refractivity contribution in [3.8, 4) is 0 Å². The van der Waals surface area contributed by atoms with Crippen LogP contribution in [0.4, 0.5) is 0 Å². The molecule has 21 heavy (non-hydrogen) atoms. The molecule has 0 fully saturated rings. The van der Waals surface area contributed by atoms with Gasteiger partial charge in [-0.05, 0) is 31.2 Å². The lowest BCUT2D eigenvalue weighted by molar-refractivity contribution is 0.225. The summed E-state index contributed by atoms with van der Waals surface area (Å²) in [6, 6.07) is 10.7. The maximum absolute atomic E-state index is 9.69. The second kappa shape index (κ2) is 6.41. The number of nitrogens with one attached hydrogen (secondary N) is 1. The van der Waals surface area contributed by atoms with E-state index in [0.717, 1.165) is 19.3 Å². The van der Waals surface area contributed by atoms with Crippen LogP contribution in [0.2, 0.25) is 0 Å². The average molecular weight is 285 g/mol. The van der Waals surface area contributed by atoms with Crippen molar-refractivity contribution in [2.75, 3.05) is 6.61 Å². The van der Waals surface area contributed by atoms with Crippen molar-refractivity contribution < 1.29 is 5.11 Å². The molecule has 4 heteroatoms. The summed E-state index contributed by atoms with van der Waals surface area (Å²) in [5.74, 6) is 0. The normalized spacial score (nSPS) is 19.2. The summed E-state index contributed by atoms with van der Waals surface area (Å²) < 4.78 is 1.98. The smallest absolute Gasteiger partial charge is 0.0588 e. The van der Waals surface area contributed by atoms with Gasteiger partial charge in [0, 0.05) is 30.4 Å². The molecule has 1 aromatic heterocycles. The highest BCUT2D eigenvalue weighted by molar-refractivity contribution is 5.25. The molecule has 112 valence electrons. The second-order valence-electron chi connectivity index (χ2n) is 5.85. The van der Waals surface area contributed by atoms with Crippen molar-refractivity contribution in [2.45, 2.75) is 37.8 Å². The standard InChI is InChI=1S/C17H23N3O/c1-20-17-9-5-8-16(15(17)11-18-20)19-14(12-21)10-13-6-3-2-4-7-13/h2-4,6-7,11,14,16,19,21H,5,8-10,12H2,1H3/t14-,16?/m0/s1. The Bertz CT molecular complexity index is 579. The molecular formula is C17H23N3O. The minimum Gasteiger partial charge on any atom is -0.395 e. The molecule has 1 aliphatic rings. The monoisotopic (exact) mass is 285 g/mol. The second-order valence-corrected chi connectivity index (χ2v) is 5.85. The Hall–Kier alpha value is -1.65. The number of aromatic nitrogens is 2. The fraction of sp³-hybridized carbons (Fsp3) is 0.471. The van der Waals surface area contributed by atoms with E-state index in [-0.39, 0.29) is 12.6 Å². The third-order valence-electron chi connectivity index (χ3n) is 4.36. The Morgan fingerprint density at radius 3 is 2.95 bits per heavy atom. The molecule has 2 atom stereocenters. The molecule has 1 aromatic carbocycles. The number of fused-ring (bicyclic) bond motifs is 1. The average Bonchev–Trinajstić information content (AvgIpc) is 2.90. The lowest BCUT2D eigenvalue weighted by Crippen LogP contribution is -2.38. The Morgan fingerprint density at radius 1 is 1.38 bits per heavy atom. The zero-order chi connectivity index (χ0) is 14.7. The molecule has 0 radical (unpaired) electrons. The minimum atomic E-state index is 0.0866. The van der Waals surface area contributed by atoms with E-state index in [0.29, 0.717) is 6.04 Å². The van der Waals surface area contributed by atoms with Crippen molar-refractivity contribution in [1.82, 2.24) is 15.1 Å². The number of hydrogen-bond acceptors (Lipinski definition) is 3. The molecule has 0 bridgehead atoms. The first kappa shape index (κ1) is 14.3. The van der Waals surface area contributed by atoms with E-state index in [1.165, 1.54) is 23.2 Å². The lowest BCUT2D eigenvalue weighted by Gasteiger charge is -2.28. The number of benzene rings is 1. The first-order chi connectivity index (χ1) is 10.3. The van der Waals surface area contributed by atoms with E-state index < -0.39 is 0 Å². The maximum Gasteiger partial charge on any atom is 0.0588 e. The molecule has 1 aliphatic carbocycles. The van der Waals surface area contributed by atoms with E-state index >= 15 is 0 Å². The van der Waals surface area contributed by atoms with Gasteiger partial charge in [-0.1, -0.05) is 30.3 Å². The van der Waals surface area contributed by atoms with Gasteiger partial charge in [0.05, 0.1) is 12.8 Å². The zero-order valence-corrected chi connectivity index (χ0v) is 12.5. The molecule has 0 aliphatic heterocycles. The predicted octanol–water partition coefficient (Wildman–Crippen LogP) is 1.99. The molecule has 1 heterocycles. The van der Waals surface area contributed by atoms with Crippen molar-refractivity contribution in [2.24, 2.45) is 7.05 Å². The number of aliphatic hydroxyl groups excluding tert-OH is 1. The van der Waals surface area contributed by atoms with Crippen LogP contribution in [0.3, 0.4) is 0 Å². The fourth-order valence-electron chi connectivity index (χ4n) is 3.24. The highest BCUT2D eigenvalue weighted by Crippen LogP contribution is 2.29. The Kier molecular flexibility index (Phi) is 4.36. The van der Waals surface area contributed by atoms with Crippen LogP contribution in [0, 0.1) is 0 Å². The van der Waals surface area contributed by atoms with Crippen LogP contribution in [0.5, 0.6) is 0 Å². The highest BCUT2D eigenvalue weighted by Gasteiger charge is 2.25. The van der Waals surface area contributed by atoms with E-state index in [1.807, 2.05) is 36.1 Å². The van der Waals surface area contributed by atoms with Crippen LogP contribution in [-0.4, -0.2) is 27.5 Å². The third-order valence-corrected chi connectivity index (χ3v) is 4.36. The predicted molar refractivity (Wildman–Crippen MR) is 83.0 cm³/mol. The summed E-state index contributed by atoms with van der Waals surface area (Å²) >= 11 is 0. The topological polar surface area (TPSA) is 50.1 Å². The molecule has 2 aromatic rings. The molecule has 0 saturated carbocycles. The molecule has 4 nitrogen and oxygen atoms in total. The van der Waals surface area contributed by atoms with Gasteiger partial charge in [-0.25, -0.2) is 0 Å². The molecule has 2 N–H and O–H groups in total. The number of nitrogens with zero attached hydrogens (tertiary/aromatic N) is 2. The largest absolute Gasteiger partial charge is 0.395 e. The Balaban J connectivity index is 1.70. The van der Waals surface area contributed by atoms with Crippen LogP contribution < -0.4 is 5.32 Å². The Morgan fingerprint density at radius 2 is 2.19 bits per heavy atom. The van der Waals surface area contributed by atoms with Crippen LogP contribution in [-0.2, 0) is 19.9 Å². The van der Waals surface area contributed by atoms with Gasteiger partial charge in [0.15, 0.2) is 0 Å². The first-order valence-corrected chi connectivity index (χ1v) is 7.69. The van der Waals surface area contributed by atoms with Crippen molar-refractivity contribution in [3.05, 3.63) is 53.3 Å². The molecule has 3 rings (SSSR count). The van der Waals surface area contributed by atoms with Gasteiger partial charge in [0.2, 0.25) is 0 Å². The summed E-state index contributed by atoms with van der Waals surface area (Å²) in [6.07, 6.45) is 6.22. The quantitative estimate of drug-likeness (QED) is 0.883. The van der Waals surface area contributed by atoms with Crippen LogP contribution in [0.15, 0.2) is 36.5 Å². The SMILES string of the molecule is Cn1ncc2c1CCCC2N[C@H](CO)Cc1ccccc1. The molecule has 0 spiro atoms. The van der Waals surface area contributed by atoms with Crippen LogP contribution in [0.25, 0.3) is 0 Å². The van der Waals surface area contributed by atoms with Crippen LogP contribution in [0.1, 0.15) is 35.7 Å². The lowest BCUT2D eigenvalue weighted by atomic mass is 9.92. The number of aryl methyl sites for hydroxylation is 1. The molecule has 0 amide bonds. The van der Waals surface area contributed by atoms with E-state index in [1.54, 1.807) is 0 Å². The summed E-state index contributed by atoms with van der Waals surface area (Å²) in [5.41, 5.74) is 3.89. The van der Waals surface area contributed by atoms with Gasteiger partial charge < -0.3 is 10.4 Å². The van der Waals surface area contributed by atoms with Gasteiger partial charge in [0.25, 0.3) is 0 Å². The highest BCUT2D eigenvalue weighted by atomic mass is 16.3. The van der Waals surface area contributed by atoms with Gasteiger partial charge in [-0.2, -0.15) is 5.10 Å². The number of hydrogen-bond donors (Lipinski definition) is 2. The van der Waals surface area contributed by atoms with Crippen LogP contribution >= 0.6 is 0 Å².